The molecule has 1 aliphatic rings. The molecule has 0 bridgehead atoms. The molecule has 84 valence electrons. The number of nitrogens with two attached hydrogens (primary N) is 1. The van der Waals surface area contributed by atoms with Gasteiger partial charge in [-0.05, 0) is 53.4 Å². The van der Waals surface area contributed by atoms with E-state index in [1.165, 1.54) is 11.1 Å². The van der Waals surface area contributed by atoms with Crippen molar-refractivity contribution in [2.75, 3.05) is 0 Å². The Bertz CT molecular complexity index is 555. The lowest BCUT2D eigenvalue weighted by atomic mass is 10.0. The minimum atomic E-state index is -0.0675. The third kappa shape index (κ3) is 1.40. The highest BCUT2D eigenvalue weighted by atomic mass is 79.9. The Morgan fingerprint density at radius 1 is 1.50 bits per heavy atom. The number of nitrogens with zero attached hydrogens (tertiary/aromatic N) is 2. The van der Waals surface area contributed by atoms with Crippen molar-refractivity contribution in [3.05, 3.63) is 28.4 Å². The molecule has 1 saturated carbocycles. The van der Waals surface area contributed by atoms with Gasteiger partial charge in [0, 0.05) is 17.5 Å². The molecule has 0 unspecified atom stereocenters. The van der Waals surface area contributed by atoms with Crippen molar-refractivity contribution in [2.24, 2.45) is 5.73 Å². The van der Waals surface area contributed by atoms with Crippen molar-refractivity contribution in [3.8, 4) is 0 Å². The van der Waals surface area contributed by atoms with Crippen LogP contribution in [0.1, 0.15) is 25.3 Å². The highest BCUT2D eigenvalue weighted by Crippen LogP contribution is 2.43. The molecule has 1 fully saturated rings. The van der Waals surface area contributed by atoms with Crippen LogP contribution >= 0.6 is 15.9 Å². The van der Waals surface area contributed by atoms with Crippen LogP contribution in [0, 0.1) is 0 Å². The number of fused-ring (bicyclic) bond motifs is 1. The van der Waals surface area contributed by atoms with Crippen molar-refractivity contribution >= 4 is 26.8 Å². The lowest BCUT2D eigenvalue weighted by Crippen LogP contribution is -2.18. The third-order valence-corrected chi connectivity index (χ3v) is 3.95. The number of rotatable bonds is 2. The smallest absolute Gasteiger partial charge is 0.136 e. The average molecular weight is 280 g/mol. The van der Waals surface area contributed by atoms with E-state index in [9.17, 15) is 0 Å². The molecule has 3 nitrogen and oxygen atoms in total. The summed E-state index contributed by atoms with van der Waals surface area (Å²) in [6, 6.07) is 6.43. The molecule has 0 amide bonds. The molecule has 4 heteroatoms. The molecule has 0 atom stereocenters. The Morgan fingerprint density at radius 3 is 2.88 bits per heavy atom. The Hall–Kier alpha value is -0.870. The summed E-state index contributed by atoms with van der Waals surface area (Å²) in [7, 11) is 0. The summed E-state index contributed by atoms with van der Waals surface area (Å²) in [6.45, 7) is 2.98. The minimum absolute atomic E-state index is 0.0675. The first kappa shape index (κ1) is 10.3. The number of benzene rings is 1. The van der Waals surface area contributed by atoms with Gasteiger partial charge in [-0.15, -0.1) is 0 Å². The molecule has 1 heterocycles. The molecule has 1 aliphatic carbocycles. The summed E-state index contributed by atoms with van der Waals surface area (Å²) >= 11 is 3.51. The van der Waals surface area contributed by atoms with E-state index in [0.29, 0.717) is 0 Å². The predicted octanol–water partition coefficient (Wildman–Crippen LogP) is 2.77. The van der Waals surface area contributed by atoms with E-state index in [1.54, 1.807) is 0 Å². The number of halogens is 1. The van der Waals surface area contributed by atoms with E-state index >= 15 is 0 Å². The van der Waals surface area contributed by atoms with Crippen LogP contribution in [0.5, 0.6) is 0 Å². The van der Waals surface area contributed by atoms with Gasteiger partial charge >= 0.3 is 0 Å². The summed E-state index contributed by atoms with van der Waals surface area (Å²) in [5.74, 6) is 0. The quantitative estimate of drug-likeness (QED) is 0.919. The van der Waals surface area contributed by atoms with E-state index in [4.69, 9.17) is 5.73 Å². The van der Waals surface area contributed by atoms with Crippen LogP contribution in [0.25, 0.3) is 10.9 Å². The zero-order valence-corrected chi connectivity index (χ0v) is 10.8. The molecular formula is C12H14BrN3. The molecule has 16 heavy (non-hydrogen) atoms. The van der Waals surface area contributed by atoms with Crippen molar-refractivity contribution in [1.29, 1.82) is 0 Å². The Balaban J connectivity index is 2.21. The number of aromatic nitrogens is 2. The fourth-order valence-corrected chi connectivity index (χ4v) is 2.62. The zero-order chi connectivity index (χ0) is 11.3. The van der Waals surface area contributed by atoms with E-state index in [1.807, 2.05) is 4.68 Å². The van der Waals surface area contributed by atoms with Gasteiger partial charge in [-0.2, -0.15) is 5.10 Å². The highest BCUT2D eigenvalue weighted by Gasteiger charge is 2.40. The van der Waals surface area contributed by atoms with E-state index in [0.717, 1.165) is 29.4 Å². The van der Waals surface area contributed by atoms with Crippen molar-refractivity contribution in [2.45, 2.75) is 31.8 Å². The summed E-state index contributed by atoms with van der Waals surface area (Å²) in [4.78, 5) is 0. The maximum Gasteiger partial charge on any atom is 0.136 e. The van der Waals surface area contributed by atoms with E-state index in [-0.39, 0.29) is 5.54 Å². The van der Waals surface area contributed by atoms with E-state index in [2.05, 4.69) is 46.2 Å². The third-order valence-electron chi connectivity index (χ3n) is 3.37. The van der Waals surface area contributed by atoms with Crippen LogP contribution in [0.3, 0.4) is 0 Å². The van der Waals surface area contributed by atoms with Crippen molar-refractivity contribution < 1.29 is 0 Å². The van der Waals surface area contributed by atoms with Gasteiger partial charge < -0.3 is 5.73 Å². The minimum Gasteiger partial charge on any atom is -0.321 e. The van der Waals surface area contributed by atoms with Crippen LogP contribution in [0.15, 0.2) is 22.8 Å². The Kier molecular flexibility index (Phi) is 2.13. The summed E-state index contributed by atoms with van der Waals surface area (Å²) < 4.78 is 2.91. The van der Waals surface area contributed by atoms with Gasteiger partial charge in [0.15, 0.2) is 0 Å². The molecule has 3 rings (SSSR count). The first-order chi connectivity index (χ1) is 7.64. The summed E-state index contributed by atoms with van der Waals surface area (Å²) in [5, 5.41) is 5.61. The molecule has 2 aromatic rings. The average Bonchev–Trinajstić information content (AvgIpc) is 2.96. The van der Waals surface area contributed by atoms with Gasteiger partial charge in [0.25, 0.3) is 0 Å². The number of hydrogen-bond donors (Lipinski definition) is 1. The van der Waals surface area contributed by atoms with E-state index < -0.39 is 0 Å². The largest absolute Gasteiger partial charge is 0.321 e. The number of hydrogen-bond acceptors (Lipinski definition) is 2. The molecule has 2 N–H and O–H groups in total. The molecule has 0 spiro atoms. The normalized spacial score (nSPS) is 17.9. The SMILES string of the molecule is CCn1nc(Br)c2cc(C3(N)CC3)ccc21. The topological polar surface area (TPSA) is 43.8 Å². The van der Waals surface area contributed by atoms with Crippen LogP contribution < -0.4 is 5.73 Å². The van der Waals surface area contributed by atoms with Crippen LogP contribution in [0.4, 0.5) is 0 Å². The summed E-state index contributed by atoms with van der Waals surface area (Å²) in [5.41, 5.74) is 8.54. The first-order valence-electron chi connectivity index (χ1n) is 5.59. The maximum atomic E-state index is 6.21. The maximum absolute atomic E-state index is 6.21. The molecule has 0 saturated heterocycles. The van der Waals surface area contributed by atoms with Crippen molar-refractivity contribution in [1.82, 2.24) is 9.78 Å². The Labute approximate surface area is 103 Å². The number of aryl methyl sites for hydroxylation is 1. The Morgan fingerprint density at radius 2 is 2.25 bits per heavy atom. The highest BCUT2D eigenvalue weighted by molar-refractivity contribution is 9.10. The fourth-order valence-electron chi connectivity index (χ4n) is 2.11. The summed E-state index contributed by atoms with van der Waals surface area (Å²) in [6.07, 6.45) is 2.19. The monoisotopic (exact) mass is 279 g/mol. The zero-order valence-electron chi connectivity index (χ0n) is 9.20. The van der Waals surface area contributed by atoms with Gasteiger partial charge in [0.1, 0.15) is 4.60 Å². The van der Waals surface area contributed by atoms with Gasteiger partial charge in [-0.1, -0.05) is 6.07 Å². The molecule has 1 aromatic heterocycles. The second kappa shape index (κ2) is 3.31. The standard InChI is InChI=1S/C12H14BrN3/c1-2-16-10-4-3-8(12(14)5-6-12)7-9(10)11(13)15-16/h3-4,7H,2,5-6,14H2,1H3. The second-order valence-corrected chi connectivity index (χ2v) is 5.25. The van der Waals surface area contributed by atoms with Crippen LogP contribution in [0.2, 0.25) is 0 Å². The lowest BCUT2D eigenvalue weighted by molar-refractivity contribution is 0.678. The first-order valence-corrected chi connectivity index (χ1v) is 6.39. The molecular weight excluding hydrogens is 266 g/mol. The lowest BCUT2D eigenvalue weighted by Gasteiger charge is -2.09. The van der Waals surface area contributed by atoms with Gasteiger partial charge in [-0.25, -0.2) is 0 Å². The second-order valence-electron chi connectivity index (χ2n) is 4.49. The molecule has 1 aromatic carbocycles. The molecule has 0 radical (unpaired) electrons. The molecule has 0 aliphatic heterocycles. The van der Waals surface area contributed by atoms with Crippen LogP contribution in [-0.2, 0) is 12.1 Å². The van der Waals surface area contributed by atoms with Gasteiger partial charge in [0.2, 0.25) is 0 Å². The van der Waals surface area contributed by atoms with Crippen molar-refractivity contribution in [3.63, 3.8) is 0 Å². The van der Waals surface area contributed by atoms with Crippen LogP contribution in [-0.4, -0.2) is 9.78 Å². The predicted molar refractivity (Wildman–Crippen MR) is 68.2 cm³/mol. The van der Waals surface area contributed by atoms with Gasteiger partial charge in [-0.3, -0.25) is 4.68 Å². The fraction of sp³-hybridized carbons (Fsp3) is 0.417. The van der Waals surface area contributed by atoms with Gasteiger partial charge in [0.05, 0.1) is 5.52 Å².